The van der Waals surface area contributed by atoms with E-state index in [1.165, 1.54) is 0 Å². The molecule has 34 heavy (non-hydrogen) atoms. The number of benzene rings is 2. The van der Waals surface area contributed by atoms with Crippen molar-refractivity contribution in [1.82, 2.24) is 9.88 Å². The monoisotopic (exact) mass is 498 g/mol. The van der Waals surface area contributed by atoms with Crippen LogP contribution in [0.1, 0.15) is 37.8 Å². The van der Waals surface area contributed by atoms with Crippen LogP contribution in [0.3, 0.4) is 0 Å². The van der Waals surface area contributed by atoms with Crippen molar-refractivity contribution in [2.45, 2.75) is 50.7 Å². The van der Waals surface area contributed by atoms with E-state index in [9.17, 15) is 4.79 Å². The smallest absolute Gasteiger partial charge is 0.410 e. The van der Waals surface area contributed by atoms with E-state index in [1.54, 1.807) is 12.1 Å². The molecule has 1 unspecified atom stereocenters. The number of aromatic nitrogens is 1. The van der Waals surface area contributed by atoms with Gasteiger partial charge in [-0.3, -0.25) is 4.98 Å². The van der Waals surface area contributed by atoms with Crippen LogP contribution in [-0.2, 0) is 11.2 Å². The molecule has 0 spiro atoms. The fraction of sp³-hybridized carbons (Fsp3) is 0.407. The highest BCUT2D eigenvalue weighted by Crippen LogP contribution is 2.33. The Labute approximate surface area is 210 Å². The SMILES string of the molecule is O=C1OC(COc2ccc(Cl)cc2)CN1C1CCC(CCc2ccc3cc(Cl)ccc3n2)CC1. The van der Waals surface area contributed by atoms with Gasteiger partial charge < -0.3 is 14.4 Å². The second-order valence-electron chi connectivity index (χ2n) is 9.28. The van der Waals surface area contributed by atoms with Gasteiger partial charge in [0.2, 0.25) is 0 Å². The highest BCUT2D eigenvalue weighted by atomic mass is 35.5. The first-order valence-electron chi connectivity index (χ1n) is 11.9. The van der Waals surface area contributed by atoms with Gasteiger partial charge in [0.15, 0.2) is 6.10 Å². The van der Waals surface area contributed by atoms with Gasteiger partial charge in [-0.1, -0.05) is 29.3 Å². The summed E-state index contributed by atoms with van der Waals surface area (Å²) in [5.74, 6) is 1.39. The highest BCUT2D eigenvalue weighted by Gasteiger charge is 2.38. The number of pyridine rings is 1. The largest absolute Gasteiger partial charge is 0.490 e. The summed E-state index contributed by atoms with van der Waals surface area (Å²) < 4.78 is 11.3. The predicted molar refractivity (Wildman–Crippen MR) is 135 cm³/mol. The molecule has 0 N–H and O–H groups in total. The van der Waals surface area contributed by atoms with Crippen molar-refractivity contribution < 1.29 is 14.3 Å². The lowest BCUT2D eigenvalue weighted by Gasteiger charge is -2.33. The summed E-state index contributed by atoms with van der Waals surface area (Å²) in [6.07, 6.45) is 5.95. The number of amides is 1. The zero-order valence-corrected chi connectivity index (χ0v) is 20.5. The van der Waals surface area contributed by atoms with Crippen LogP contribution in [-0.4, -0.2) is 41.3 Å². The Morgan fingerprint density at radius 2 is 1.74 bits per heavy atom. The number of halogens is 2. The molecule has 1 aliphatic heterocycles. The highest BCUT2D eigenvalue weighted by molar-refractivity contribution is 6.31. The quantitative estimate of drug-likeness (QED) is 0.354. The summed E-state index contributed by atoms with van der Waals surface area (Å²) in [6.45, 7) is 0.941. The average molecular weight is 499 g/mol. The summed E-state index contributed by atoms with van der Waals surface area (Å²) in [7, 11) is 0. The van der Waals surface area contributed by atoms with Crippen LogP contribution >= 0.6 is 23.2 Å². The zero-order valence-electron chi connectivity index (χ0n) is 19.0. The van der Waals surface area contributed by atoms with E-state index in [1.807, 2.05) is 35.2 Å². The maximum atomic E-state index is 12.5. The summed E-state index contributed by atoms with van der Waals surface area (Å²) in [5, 5.41) is 2.48. The molecular formula is C27H28Cl2N2O3. The van der Waals surface area contributed by atoms with E-state index in [0.717, 1.165) is 65.9 Å². The lowest BCUT2D eigenvalue weighted by molar-refractivity contribution is 0.0995. The van der Waals surface area contributed by atoms with Crippen molar-refractivity contribution in [3.05, 3.63) is 70.3 Å². The zero-order chi connectivity index (χ0) is 23.5. The maximum Gasteiger partial charge on any atom is 0.410 e. The number of nitrogens with zero attached hydrogens (tertiary/aromatic N) is 2. The molecule has 2 aliphatic rings. The summed E-state index contributed by atoms with van der Waals surface area (Å²) >= 11 is 12.0. The van der Waals surface area contributed by atoms with Crippen LogP contribution in [0.25, 0.3) is 10.9 Å². The molecule has 1 saturated heterocycles. The first kappa shape index (κ1) is 23.3. The van der Waals surface area contributed by atoms with E-state index >= 15 is 0 Å². The topological polar surface area (TPSA) is 51.7 Å². The molecule has 5 rings (SSSR count). The van der Waals surface area contributed by atoms with Crippen molar-refractivity contribution in [3.63, 3.8) is 0 Å². The Morgan fingerprint density at radius 3 is 2.53 bits per heavy atom. The van der Waals surface area contributed by atoms with Gasteiger partial charge in [0.1, 0.15) is 12.4 Å². The molecule has 2 heterocycles. The van der Waals surface area contributed by atoms with Crippen LogP contribution in [0.15, 0.2) is 54.6 Å². The molecule has 1 amide bonds. The molecule has 1 aliphatic carbocycles. The number of hydrogen-bond acceptors (Lipinski definition) is 4. The minimum atomic E-state index is -0.241. The Morgan fingerprint density at radius 1 is 0.971 bits per heavy atom. The number of rotatable bonds is 7. The third-order valence-electron chi connectivity index (χ3n) is 6.93. The molecule has 5 nitrogen and oxygen atoms in total. The fourth-order valence-electron chi connectivity index (χ4n) is 5.02. The van der Waals surface area contributed by atoms with Gasteiger partial charge >= 0.3 is 6.09 Å². The van der Waals surface area contributed by atoms with Crippen molar-refractivity contribution >= 4 is 40.2 Å². The van der Waals surface area contributed by atoms with Crippen LogP contribution in [0.2, 0.25) is 10.0 Å². The molecule has 7 heteroatoms. The number of fused-ring (bicyclic) bond motifs is 1. The molecule has 0 radical (unpaired) electrons. The molecule has 3 aromatic rings. The molecule has 0 bridgehead atoms. The maximum absolute atomic E-state index is 12.5. The van der Waals surface area contributed by atoms with Crippen molar-refractivity contribution in [1.29, 1.82) is 0 Å². The van der Waals surface area contributed by atoms with Gasteiger partial charge in [-0.25, -0.2) is 4.79 Å². The number of carbonyl (C=O) groups excluding carboxylic acids is 1. The molecule has 178 valence electrons. The van der Waals surface area contributed by atoms with Gasteiger partial charge in [0.05, 0.1) is 12.1 Å². The minimum absolute atomic E-state index is 0.214. The van der Waals surface area contributed by atoms with E-state index in [-0.39, 0.29) is 18.2 Å². The summed E-state index contributed by atoms with van der Waals surface area (Å²) in [4.78, 5) is 19.2. The Balaban J connectivity index is 1.07. The van der Waals surface area contributed by atoms with Gasteiger partial charge in [-0.15, -0.1) is 0 Å². The minimum Gasteiger partial charge on any atom is -0.490 e. The van der Waals surface area contributed by atoms with E-state index in [4.69, 9.17) is 37.7 Å². The molecule has 1 atom stereocenters. The van der Waals surface area contributed by atoms with E-state index in [2.05, 4.69) is 12.1 Å². The van der Waals surface area contributed by atoms with Gasteiger partial charge in [-0.05, 0) is 93.0 Å². The third kappa shape index (κ3) is 5.59. The molecule has 1 saturated carbocycles. The summed E-state index contributed by atoms with van der Waals surface area (Å²) in [6, 6.07) is 17.5. The van der Waals surface area contributed by atoms with Crippen LogP contribution in [0, 0.1) is 5.92 Å². The first-order valence-corrected chi connectivity index (χ1v) is 12.7. The van der Waals surface area contributed by atoms with Crippen LogP contribution in [0.5, 0.6) is 5.75 Å². The van der Waals surface area contributed by atoms with E-state index < -0.39 is 0 Å². The summed E-state index contributed by atoms with van der Waals surface area (Å²) in [5.41, 5.74) is 2.12. The van der Waals surface area contributed by atoms with Crippen molar-refractivity contribution in [2.24, 2.45) is 5.92 Å². The van der Waals surface area contributed by atoms with Crippen LogP contribution < -0.4 is 4.74 Å². The second-order valence-corrected chi connectivity index (χ2v) is 10.1. The number of hydrogen-bond donors (Lipinski definition) is 0. The average Bonchev–Trinajstić information content (AvgIpc) is 3.23. The molecule has 1 aromatic heterocycles. The van der Waals surface area contributed by atoms with Crippen LogP contribution in [0.4, 0.5) is 4.79 Å². The molecular weight excluding hydrogens is 471 g/mol. The van der Waals surface area contributed by atoms with Crippen molar-refractivity contribution in [2.75, 3.05) is 13.2 Å². The van der Waals surface area contributed by atoms with Gasteiger partial charge in [-0.2, -0.15) is 0 Å². The fourth-order valence-corrected chi connectivity index (χ4v) is 5.33. The van der Waals surface area contributed by atoms with E-state index in [0.29, 0.717) is 24.1 Å². The number of carbonyl (C=O) groups is 1. The lowest BCUT2D eigenvalue weighted by atomic mass is 9.82. The van der Waals surface area contributed by atoms with Crippen molar-refractivity contribution in [3.8, 4) is 5.75 Å². The van der Waals surface area contributed by atoms with Gasteiger partial charge in [0.25, 0.3) is 0 Å². The lowest BCUT2D eigenvalue weighted by Crippen LogP contribution is -2.39. The normalized spacial score (nSPS) is 22.7. The Hall–Kier alpha value is -2.50. The van der Waals surface area contributed by atoms with Gasteiger partial charge in [0, 0.05) is 27.2 Å². The molecule has 2 aromatic carbocycles. The number of aryl methyl sites for hydroxylation is 1. The number of cyclic esters (lactones) is 1. The predicted octanol–water partition coefficient (Wildman–Crippen LogP) is 6.93. The Bertz CT molecular complexity index is 1150. The Kier molecular flexibility index (Phi) is 7.12. The second kappa shape index (κ2) is 10.4. The number of ether oxygens (including phenoxy) is 2. The third-order valence-corrected chi connectivity index (χ3v) is 7.41. The standard InChI is InChI=1S/C27H28Cl2N2O3/c28-20-5-12-24(13-6-20)33-17-25-16-31(27(32)34-25)23-10-2-18(3-11-23)1-8-22-9-4-19-15-21(29)7-14-26(19)30-22/h4-7,9,12-15,18,23,25H,1-3,8,10-11,16-17H2. The first-order chi connectivity index (χ1) is 16.5. The molecule has 2 fully saturated rings.